The van der Waals surface area contributed by atoms with E-state index < -0.39 is 39.7 Å². The SMILES string of the molecule is CC(=O)NCCCS(=O)(=O)OCC(C)(C)[C@](O)(CCCOC(=O)c1cccnc1)C(=O)O. The van der Waals surface area contributed by atoms with Crippen LogP contribution in [0.3, 0.4) is 0 Å². The van der Waals surface area contributed by atoms with Crippen LogP contribution in [0, 0.1) is 5.41 Å². The van der Waals surface area contributed by atoms with E-state index in [0.29, 0.717) is 0 Å². The number of pyridine rings is 1. The number of carboxylic acid groups (broad SMARTS) is 1. The standard InChI is InChI=1S/C20H30N2O9S/c1-15(23)22-10-6-12-32(28,29)31-14-19(2,3)20(27,18(25)26)8-5-11-30-17(24)16-7-4-9-21-13-16/h4,7,9,13,27H,5-6,8,10-12,14H2,1-3H3,(H,22,23)(H,25,26)/t20-/m0/s1. The predicted octanol–water partition coefficient (Wildman–Crippen LogP) is 0.733. The lowest BCUT2D eigenvalue weighted by Crippen LogP contribution is -2.54. The highest BCUT2D eigenvalue weighted by Crippen LogP contribution is 2.36. The summed E-state index contributed by atoms with van der Waals surface area (Å²) in [5.41, 5.74) is -3.59. The fraction of sp³-hybridized carbons (Fsp3) is 0.600. The van der Waals surface area contributed by atoms with Gasteiger partial charge in [0.1, 0.15) is 0 Å². The smallest absolute Gasteiger partial charge is 0.339 e. The summed E-state index contributed by atoms with van der Waals surface area (Å²) in [4.78, 5) is 38.3. The first-order chi connectivity index (χ1) is 14.8. The van der Waals surface area contributed by atoms with Gasteiger partial charge in [-0.05, 0) is 31.4 Å². The van der Waals surface area contributed by atoms with Gasteiger partial charge >= 0.3 is 11.9 Å². The van der Waals surface area contributed by atoms with E-state index in [1.165, 1.54) is 39.2 Å². The normalized spacial score (nSPS) is 13.8. The number of amides is 1. The van der Waals surface area contributed by atoms with E-state index >= 15 is 0 Å². The number of carbonyl (C=O) groups excluding carboxylic acids is 2. The van der Waals surface area contributed by atoms with Crippen LogP contribution >= 0.6 is 0 Å². The van der Waals surface area contributed by atoms with Crippen LogP contribution in [-0.4, -0.2) is 72.6 Å². The van der Waals surface area contributed by atoms with Gasteiger partial charge in [-0.2, -0.15) is 8.42 Å². The topological polar surface area (TPSA) is 169 Å². The minimum Gasteiger partial charge on any atom is -0.479 e. The molecule has 0 radical (unpaired) electrons. The van der Waals surface area contributed by atoms with Crippen LogP contribution in [0.2, 0.25) is 0 Å². The number of esters is 1. The monoisotopic (exact) mass is 474 g/mol. The lowest BCUT2D eigenvalue weighted by Gasteiger charge is -2.38. The number of nitrogens with zero attached hydrogens (tertiary/aromatic N) is 1. The number of rotatable bonds is 14. The predicted molar refractivity (Wildman–Crippen MR) is 113 cm³/mol. The molecule has 11 nitrogen and oxygen atoms in total. The van der Waals surface area contributed by atoms with Gasteiger partial charge in [0.15, 0.2) is 5.60 Å². The van der Waals surface area contributed by atoms with Gasteiger partial charge < -0.3 is 20.3 Å². The van der Waals surface area contributed by atoms with Crippen LogP contribution in [0.15, 0.2) is 24.5 Å². The maximum Gasteiger partial charge on any atom is 0.339 e. The summed E-state index contributed by atoms with van der Waals surface area (Å²) in [7, 11) is -4.00. The summed E-state index contributed by atoms with van der Waals surface area (Å²) in [6.45, 7) is 3.47. The third-order valence-corrected chi connectivity index (χ3v) is 6.10. The average Bonchev–Trinajstić information content (AvgIpc) is 2.73. The van der Waals surface area contributed by atoms with E-state index in [4.69, 9.17) is 8.92 Å². The highest BCUT2D eigenvalue weighted by molar-refractivity contribution is 7.86. The molecule has 1 aromatic heterocycles. The molecule has 1 amide bonds. The maximum absolute atomic E-state index is 12.1. The van der Waals surface area contributed by atoms with Crippen molar-refractivity contribution in [3.05, 3.63) is 30.1 Å². The molecule has 0 saturated carbocycles. The van der Waals surface area contributed by atoms with Crippen molar-refractivity contribution in [2.45, 2.75) is 45.6 Å². The molecule has 0 unspecified atom stereocenters. The Bertz CT molecular complexity index is 888. The third kappa shape index (κ3) is 8.52. The van der Waals surface area contributed by atoms with Gasteiger partial charge in [0.05, 0.1) is 24.5 Å². The van der Waals surface area contributed by atoms with Crippen molar-refractivity contribution in [3.8, 4) is 0 Å². The van der Waals surface area contributed by atoms with Crippen molar-refractivity contribution in [2.75, 3.05) is 25.5 Å². The molecule has 12 heteroatoms. The Balaban J connectivity index is 2.62. The van der Waals surface area contributed by atoms with Gasteiger partial charge in [-0.1, -0.05) is 13.8 Å². The fourth-order valence-electron chi connectivity index (χ4n) is 2.72. The number of hydrogen-bond donors (Lipinski definition) is 3. The molecule has 1 heterocycles. The summed E-state index contributed by atoms with van der Waals surface area (Å²) in [6, 6.07) is 3.08. The lowest BCUT2D eigenvalue weighted by molar-refractivity contribution is -0.177. The van der Waals surface area contributed by atoms with Crippen LogP contribution in [0.4, 0.5) is 0 Å². The number of nitrogens with one attached hydrogen (secondary N) is 1. The number of ether oxygens (including phenoxy) is 1. The number of carbonyl (C=O) groups is 3. The van der Waals surface area contributed by atoms with Crippen molar-refractivity contribution >= 4 is 28.0 Å². The molecular formula is C20H30N2O9S. The second kappa shape index (κ2) is 11.9. The summed E-state index contributed by atoms with van der Waals surface area (Å²) in [5, 5.41) is 22.9. The van der Waals surface area contributed by atoms with Crippen molar-refractivity contribution in [3.63, 3.8) is 0 Å². The highest BCUT2D eigenvalue weighted by Gasteiger charge is 2.50. The summed E-state index contributed by atoms with van der Waals surface area (Å²) < 4.78 is 34.1. The lowest BCUT2D eigenvalue weighted by atomic mass is 9.73. The van der Waals surface area contributed by atoms with Gasteiger partial charge in [0.25, 0.3) is 10.1 Å². The van der Waals surface area contributed by atoms with Crippen LogP contribution in [0.5, 0.6) is 0 Å². The average molecular weight is 475 g/mol. The quantitative estimate of drug-likeness (QED) is 0.198. The van der Waals surface area contributed by atoms with Crippen LogP contribution in [0.1, 0.15) is 50.4 Å². The van der Waals surface area contributed by atoms with E-state index in [-0.39, 0.29) is 49.6 Å². The maximum atomic E-state index is 12.1. The van der Waals surface area contributed by atoms with E-state index in [1.54, 1.807) is 6.07 Å². The largest absolute Gasteiger partial charge is 0.479 e. The Morgan fingerprint density at radius 1 is 1.22 bits per heavy atom. The van der Waals surface area contributed by atoms with E-state index in [2.05, 4.69) is 10.3 Å². The number of aliphatic carboxylic acids is 1. The van der Waals surface area contributed by atoms with Crippen LogP contribution in [0.25, 0.3) is 0 Å². The van der Waals surface area contributed by atoms with Crippen LogP contribution < -0.4 is 5.32 Å². The second-order valence-electron chi connectivity index (χ2n) is 7.89. The first-order valence-corrected chi connectivity index (χ1v) is 11.5. The van der Waals surface area contributed by atoms with Gasteiger partial charge in [-0.15, -0.1) is 0 Å². The van der Waals surface area contributed by atoms with Gasteiger partial charge in [-0.25, -0.2) is 9.59 Å². The summed E-state index contributed by atoms with van der Waals surface area (Å²) in [5.74, 6) is -2.85. The summed E-state index contributed by atoms with van der Waals surface area (Å²) in [6.07, 6.45) is 2.65. The first-order valence-electron chi connectivity index (χ1n) is 9.95. The molecular weight excluding hydrogens is 444 g/mol. The molecule has 0 aliphatic heterocycles. The Hall–Kier alpha value is -2.57. The van der Waals surface area contributed by atoms with Gasteiger partial charge in [0.2, 0.25) is 5.91 Å². The number of aliphatic hydroxyl groups is 1. The second-order valence-corrected chi connectivity index (χ2v) is 9.65. The van der Waals surface area contributed by atoms with Gasteiger partial charge in [0, 0.05) is 31.3 Å². The Labute approximate surface area is 187 Å². The van der Waals surface area contributed by atoms with E-state index in [1.807, 2.05) is 0 Å². The number of carboxylic acids is 1. The molecule has 180 valence electrons. The molecule has 1 atom stereocenters. The summed E-state index contributed by atoms with van der Waals surface area (Å²) >= 11 is 0. The zero-order chi connectivity index (χ0) is 24.4. The molecule has 0 spiro atoms. The fourth-order valence-corrected chi connectivity index (χ4v) is 3.81. The van der Waals surface area contributed by atoms with Crippen molar-refractivity contribution in [1.82, 2.24) is 10.3 Å². The molecule has 1 aromatic rings. The first kappa shape index (κ1) is 27.5. The molecule has 32 heavy (non-hydrogen) atoms. The highest BCUT2D eigenvalue weighted by atomic mass is 32.2. The third-order valence-electron chi connectivity index (χ3n) is 4.83. The van der Waals surface area contributed by atoms with Crippen molar-refractivity contribution < 1.29 is 41.9 Å². The number of aromatic nitrogens is 1. The van der Waals surface area contributed by atoms with Crippen molar-refractivity contribution in [1.29, 1.82) is 0 Å². The Kier molecular flexibility index (Phi) is 10.2. The zero-order valence-corrected chi connectivity index (χ0v) is 19.2. The van der Waals surface area contributed by atoms with Gasteiger partial charge in [-0.3, -0.25) is 14.0 Å². The molecule has 0 aromatic carbocycles. The van der Waals surface area contributed by atoms with E-state index in [9.17, 15) is 33.0 Å². The molecule has 3 N–H and O–H groups in total. The minimum absolute atomic E-state index is 0.0156. The molecule has 0 bridgehead atoms. The van der Waals surface area contributed by atoms with Crippen LogP contribution in [-0.2, 0) is 28.6 Å². The van der Waals surface area contributed by atoms with Crippen molar-refractivity contribution in [2.24, 2.45) is 5.41 Å². The molecule has 0 aliphatic carbocycles. The zero-order valence-electron chi connectivity index (χ0n) is 18.4. The Morgan fingerprint density at radius 3 is 2.47 bits per heavy atom. The van der Waals surface area contributed by atoms with E-state index in [0.717, 1.165) is 0 Å². The number of hydrogen-bond acceptors (Lipinski definition) is 9. The molecule has 0 aliphatic rings. The molecule has 0 fully saturated rings. The molecule has 1 rings (SSSR count). The Morgan fingerprint density at radius 2 is 1.91 bits per heavy atom. The molecule has 0 saturated heterocycles. The minimum atomic E-state index is -4.00.